The highest BCUT2D eigenvalue weighted by Crippen LogP contribution is 2.45. The van der Waals surface area contributed by atoms with E-state index in [1.807, 2.05) is 51.0 Å². The third-order valence-electron chi connectivity index (χ3n) is 14.0. The van der Waals surface area contributed by atoms with Crippen molar-refractivity contribution in [3.63, 3.8) is 0 Å². The van der Waals surface area contributed by atoms with Crippen LogP contribution in [0.3, 0.4) is 0 Å². The first-order valence-electron chi connectivity index (χ1n) is 21.8. The fraction of sp³-hybridized carbons (Fsp3) is 0.739. The zero-order chi connectivity index (χ0) is 44.7. The minimum Gasteiger partial charge on any atom is -0.455 e. The summed E-state index contributed by atoms with van der Waals surface area (Å²) in [6, 6.07) is 8.93. The number of unbranched alkanes of at least 4 members (excludes halogenated alkanes) is 1. The van der Waals surface area contributed by atoms with Gasteiger partial charge in [0.25, 0.3) is 5.67 Å². The van der Waals surface area contributed by atoms with E-state index in [9.17, 15) is 24.3 Å². The predicted molar refractivity (Wildman–Crippen MR) is 225 cm³/mol. The minimum atomic E-state index is -3.18. The molecule has 13 atom stereocenters. The molecule has 1 N–H and O–H groups in total. The number of ketones is 2. The molecule has 3 aliphatic heterocycles. The summed E-state index contributed by atoms with van der Waals surface area (Å²) in [5.41, 5.74) is -5.12. The van der Waals surface area contributed by atoms with Crippen molar-refractivity contribution in [3.8, 4) is 0 Å². The Morgan fingerprint density at radius 1 is 0.983 bits per heavy atom. The van der Waals surface area contributed by atoms with Gasteiger partial charge in [-0.15, -0.1) is 0 Å². The summed E-state index contributed by atoms with van der Waals surface area (Å²) in [6.45, 7) is 19.3. The summed E-state index contributed by atoms with van der Waals surface area (Å²) in [5.74, 6) is -7.47. The molecule has 336 valence electrons. The number of fused-ring (bicyclic) bond motifs is 2. The first kappa shape index (κ1) is 47.6. The summed E-state index contributed by atoms with van der Waals surface area (Å²) < 4.78 is 50.5. The molecule has 0 saturated carbocycles. The number of aryl methyl sites for hydroxylation is 1. The van der Waals surface area contributed by atoms with Gasteiger partial charge in [-0.2, -0.15) is 0 Å². The van der Waals surface area contributed by atoms with Crippen LogP contribution in [0.4, 0.5) is 9.18 Å². The number of aromatic nitrogens is 1. The van der Waals surface area contributed by atoms with Crippen LogP contribution in [0.1, 0.15) is 108 Å². The number of benzene rings is 1. The van der Waals surface area contributed by atoms with Gasteiger partial charge in [-0.05, 0) is 105 Å². The molecule has 0 unspecified atom stereocenters. The van der Waals surface area contributed by atoms with Crippen LogP contribution in [0.25, 0.3) is 10.9 Å². The number of aliphatic hydroxyl groups is 1. The minimum absolute atomic E-state index is 0.000266. The molecule has 2 aromatic rings. The van der Waals surface area contributed by atoms with Crippen molar-refractivity contribution in [1.82, 2.24) is 14.4 Å². The summed E-state index contributed by atoms with van der Waals surface area (Å²) in [7, 11) is 3.33. The molecule has 14 heteroatoms. The van der Waals surface area contributed by atoms with Crippen LogP contribution >= 0.6 is 0 Å². The van der Waals surface area contributed by atoms with Gasteiger partial charge < -0.3 is 38.3 Å². The number of cyclic esters (lactones) is 1. The molecule has 1 aromatic heterocycles. The second-order valence-electron chi connectivity index (χ2n) is 18.7. The Balaban J connectivity index is 1.51. The average molecular weight is 844 g/mol. The Morgan fingerprint density at radius 2 is 1.63 bits per heavy atom. The first-order valence-corrected chi connectivity index (χ1v) is 21.8. The van der Waals surface area contributed by atoms with Gasteiger partial charge in [0.15, 0.2) is 17.2 Å². The van der Waals surface area contributed by atoms with Gasteiger partial charge in [-0.3, -0.25) is 14.5 Å². The lowest BCUT2D eigenvalue weighted by atomic mass is 9.73. The molecule has 0 aliphatic carbocycles. The molecule has 0 spiro atoms. The van der Waals surface area contributed by atoms with E-state index in [2.05, 4.69) is 22.8 Å². The van der Waals surface area contributed by atoms with Crippen molar-refractivity contribution >= 4 is 34.5 Å². The molecule has 0 radical (unpaired) electrons. The second kappa shape index (κ2) is 18.1. The van der Waals surface area contributed by atoms with Crippen LogP contribution in [0.15, 0.2) is 36.5 Å². The number of alkyl halides is 1. The molecule has 3 aliphatic rings. The topological polar surface area (TPSA) is 146 Å². The quantitative estimate of drug-likeness (QED) is 0.144. The third kappa shape index (κ3) is 8.91. The molecule has 3 saturated heterocycles. The lowest BCUT2D eigenvalue weighted by Crippen LogP contribution is -2.66. The molecule has 13 nitrogen and oxygen atoms in total. The number of rotatable bonds is 11. The molecule has 1 amide bonds. The Kier molecular flexibility index (Phi) is 14.4. The lowest BCUT2D eigenvalue weighted by Gasteiger charge is -2.52. The van der Waals surface area contributed by atoms with E-state index in [1.54, 1.807) is 46.4 Å². The molecule has 5 rings (SSSR count). The van der Waals surface area contributed by atoms with Gasteiger partial charge in [0.1, 0.15) is 18.0 Å². The standard InChI is InChI=1S/C46H70FN3O10/c1-14-35-45(10)37(50(42(55)60-45)23-18-17-22-49-24-21-32-19-15-16-20-33(32)49)30(6)36(51)28(4)26-43(8,56-13)40(31(7)38(52)44(9,47)41(54)57-35)59-46(11)39(53)34(25-29(5)58-46)48(12)27(2)3/h15-16,19-21,24,27-31,34-35,37,39-40,53H,14,17-18,22-23,25-26H2,1-13H3/t28-,29-,30+,31+,34+,35-,37-,39-,40-,43-,44+,45-,46+/m1/s1. The second-order valence-corrected chi connectivity index (χ2v) is 18.7. The first-order chi connectivity index (χ1) is 28.0. The zero-order valence-electron chi connectivity index (χ0n) is 38.0. The van der Waals surface area contributed by atoms with Crippen LogP contribution < -0.4 is 0 Å². The number of carbonyl (C=O) groups excluding carboxylic acids is 4. The van der Waals surface area contributed by atoms with E-state index >= 15 is 4.39 Å². The number of nitrogens with zero attached hydrogens (tertiary/aromatic N) is 3. The fourth-order valence-corrected chi connectivity index (χ4v) is 10.2. The van der Waals surface area contributed by atoms with Crippen molar-refractivity contribution in [2.45, 2.75) is 180 Å². The van der Waals surface area contributed by atoms with E-state index in [4.69, 9.17) is 23.7 Å². The van der Waals surface area contributed by atoms with E-state index in [0.29, 0.717) is 19.4 Å². The number of para-hydroxylation sites is 1. The van der Waals surface area contributed by atoms with Crippen LogP contribution in [-0.4, -0.2) is 129 Å². The maximum absolute atomic E-state index is 17.1. The number of methoxy groups -OCH3 is 1. The number of esters is 1. The van der Waals surface area contributed by atoms with E-state index in [-0.39, 0.29) is 37.3 Å². The highest BCUT2D eigenvalue weighted by molar-refractivity contribution is 6.08. The molecule has 0 bridgehead atoms. The maximum atomic E-state index is 17.1. The van der Waals surface area contributed by atoms with Gasteiger partial charge >= 0.3 is 12.1 Å². The van der Waals surface area contributed by atoms with Crippen molar-refractivity contribution < 1.29 is 52.4 Å². The number of carbonyl (C=O) groups is 4. The highest BCUT2D eigenvalue weighted by atomic mass is 19.1. The van der Waals surface area contributed by atoms with E-state index < -0.39 is 88.7 Å². The number of hydrogen-bond donors (Lipinski definition) is 1. The van der Waals surface area contributed by atoms with Crippen molar-refractivity contribution in [2.75, 3.05) is 20.7 Å². The van der Waals surface area contributed by atoms with Gasteiger partial charge in [0.05, 0.1) is 23.9 Å². The van der Waals surface area contributed by atoms with E-state index in [1.165, 1.54) is 14.0 Å². The number of ether oxygens (including phenoxy) is 5. The van der Waals surface area contributed by atoms with Crippen LogP contribution in [-0.2, 0) is 44.6 Å². The van der Waals surface area contributed by atoms with Crippen LogP contribution in [0.2, 0.25) is 0 Å². The van der Waals surface area contributed by atoms with Crippen molar-refractivity contribution in [2.24, 2.45) is 17.8 Å². The number of halogens is 1. The molecule has 60 heavy (non-hydrogen) atoms. The van der Waals surface area contributed by atoms with Gasteiger partial charge in [0.2, 0.25) is 0 Å². The van der Waals surface area contributed by atoms with Crippen LogP contribution in [0, 0.1) is 17.8 Å². The Morgan fingerprint density at radius 3 is 2.27 bits per heavy atom. The Labute approximate surface area is 355 Å². The number of Topliss-reactive ketones (excluding diaryl/α,β-unsaturated/α-hetero) is 2. The Hall–Kier alpha value is -3.43. The number of amides is 1. The van der Waals surface area contributed by atoms with Gasteiger partial charge in [-0.25, -0.2) is 14.0 Å². The van der Waals surface area contributed by atoms with Gasteiger partial charge in [0, 0.05) is 61.8 Å². The van der Waals surface area contributed by atoms with Crippen LogP contribution in [0.5, 0.6) is 0 Å². The lowest BCUT2D eigenvalue weighted by molar-refractivity contribution is -0.355. The highest BCUT2D eigenvalue weighted by Gasteiger charge is 2.62. The molecular weight excluding hydrogens is 774 g/mol. The normalized spacial score (nSPS) is 38.6. The van der Waals surface area contributed by atoms with E-state index in [0.717, 1.165) is 24.2 Å². The number of hydrogen-bond acceptors (Lipinski definition) is 11. The zero-order valence-corrected chi connectivity index (χ0v) is 38.0. The monoisotopic (exact) mass is 844 g/mol. The summed E-state index contributed by atoms with van der Waals surface area (Å²) in [5, 5.41) is 13.0. The summed E-state index contributed by atoms with van der Waals surface area (Å²) in [4.78, 5) is 60.7. The smallest absolute Gasteiger partial charge is 0.410 e. The van der Waals surface area contributed by atoms with Gasteiger partial charge in [-0.1, -0.05) is 45.9 Å². The molecular formula is C46H70FN3O10. The Bertz CT molecular complexity index is 1870. The molecule has 4 heterocycles. The fourth-order valence-electron chi connectivity index (χ4n) is 10.2. The average Bonchev–Trinajstić information content (AvgIpc) is 3.73. The van der Waals surface area contributed by atoms with Crippen molar-refractivity contribution in [3.05, 3.63) is 36.5 Å². The predicted octanol–water partition coefficient (Wildman–Crippen LogP) is 6.89. The molecule has 3 fully saturated rings. The SMILES string of the molecule is CC[C@H]1OC(=O)[C@@](C)(F)C(=O)[C@H](C)[C@@H](O[C@]2(C)O[C@H](C)C[C@H](N(C)C(C)C)[C@H]2O)[C@](C)(OC)C[C@@H](C)C(=O)[C@H](C)[C@H]2N(CCCCn3ccc4ccccc43)C(=O)O[C@]12C. The number of likely N-dealkylation sites (N-methyl/N-ethyl adjacent to an activating group) is 1. The van der Waals surface area contributed by atoms with Crippen molar-refractivity contribution in [1.29, 1.82) is 0 Å². The number of aliphatic hydroxyl groups excluding tert-OH is 1. The molecule has 1 aromatic carbocycles. The summed E-state index contributed by atoms with van der Waals surface area (Å²) >= 11 is 0. The largest absolute Gasteiger partial charge is 0.455 e. The maximum Gasteiger partial charge on any atom is 0.410 e. The summed E-state index contributed by atoms with van der Waals surface area (Å²) in [6.07, 6.45) is -0.871. The third-order valence-corrected chi connectivity index (χ3v) is 14.0.